The fourth-order valence-electron chi connectivity index (χ4n) is 8.45. The van der Waals surface area contributed by atoms with Crippen LogP contribution in [0.25, 0.3) is 87.6 Å². The van der Waals surface area contributed by atoms with Crippen LogP contribution in [0.4, 0.5) is 17.1 Å². The van der Waals surface area contributed by atoms with Gasteiger partial charge in [-0.2, -0.15) is 0 Å². The Kier molecular flexibility index (Phi) is 5.70. The second-order valence-corrected chi connectivity index (χ2v) is 13.2. The second-order valence-electron chi connectivity index (χ2n) is 13.2. The van der Waals surface area contributed by atoms with Crippen molar-refractivity contribution < 1.29 is 4.42 Å². The summed E-state index contributed by atoms with van der Waals surface area (Å²) >= 11 is 0. The van der Waals surface area contributed by atoms with Gasteiger partial charge in [0.1, 0.15) is 11.2 Å². The summed E-state index contributed by atoms with van der Waals surface area (Å²) in [6.45, 7) is 0. The van der Waals surface area contributed by atoms with Crippen molar-refractivity contribution in [2.45, 2.75) is 0 Å². The lowest BCUT2D eigenvalue weighted by Gasteiger charge is -2.34. The average molecular weight is 636 g/mol. The minimum absolute atomic E-state index is 0.912. The van der Waals surface area contributed by atoms with Crippen molar-refractivity contribution in [3.63, 3.8) is 0 Å². The van der Waals surface area contributed by atoms with Gasteiger partial charge in [-0.15, -0.1) is 0 Å². The van der Waals surface area contributed by atoms with Gasteiger partial charge in [-0.25, -0.2) is 0 Å². The number of anilines is 3. The van der Waals surface area contributed by atoms with Crippen molar-refractivity contribution >= 4 is 71.3 Å². The van der Waals surface area contributed by atoms with Gasteiger partial charge >= 0.3 is 0 Å². The molecule has 2 nitrogen and oxygen atoms in total. The highest BCUT2D eigenvalue weighted by atomic mass is 16.3. The van der Waals surface area contributed by atoms with E-state index in [1.165, 1.54) is 77.1 Å². The Balaban J connectivity index is 1.19. The van der Waals surface area contributed by atoms with Crippen molar-refractivity contribution in [3.8, 4) is 33.4 Å². The molecule has 11 rings (SSSR count). The van der Waals surface area contributed by atoms with Crippen molar-refractivity contribution in [1.29, 1.82) is 0 Å². The van der Waals surface area contributed by atoms with E-state index in [9.17, 15) is 0 Å². The van der Waals surface area contributed by atoms with Gasteiger partial charge in [-0.1, -0.05) is 127 Å². The van der Waals surface area contributed by atoms with Crippen LogP contribution < -0.4 is 4.90 Å². The molecule has 0 fully saturated rings. The van der Waals surface area contributed by atoms with Crippen LogP contribution in [0.1, 0.15) is 0 Å². The van der Waals surface area contributed by atoms with Crippen LogP contribution in [0.3, 0.4) is 0 Å². The third kappa shape index (κ3) is 3.85. The van der Waals surface area contributed by atoms with Gasteiger partial charge in [0, 0.05) is 27.4 Å². The zero-order chi connectivity index (χ0) is 32.8. The Bertz CT molecular complexity index is 2930. The molecule has 2 heterocycles. The fourth-order valence-corrected chi connectivity index (χ4v) is 8.45. The highest BCUT2D eigenvalue weighted by Gasteiger charge is 2.27. The predicted molar refractivity (Wildman–Crippen MR) is 211 cm³/mol. The maximum Gasteiger partial charge on any atom is 0.135 e. The molecule has 10 aromatic rings. The summed E-state index contributed by atoms with van der Waals surface area (Å²) in [7, 11) is 0. The molecule has 0 spiro atoms. The lowest BCUT2D eigenvalue weighted by molar-refractivity contribution is 0.669. The Hall–Kier alpha value is -6.64. The molecule has 9 aromatic carbocycles. The molecule has 1 aliphatic rings. The molecule has 0 atom stereocenters. The molecule has 0 aliphatic carbocycles. The van der Waals surface area contributed by atoms with Gasteiger partial charge in [-0.05, 0) is 103 Å². The van der Waals surface area contributed by atoms with Crippen LogP contribution in [0, 0.1) is 0 Å². The van der Waals surface area contributed by atoms with Crippen LogP contribution in [-0.4, -0.2) is 0 Å². The SMILES string of the molecule is c1ccc(N2c3ccc(-c4c5ccccc5c(-c5ccc6oc7ccccc7c6c5)c5ccccc45)cc3-c3cccc4cccc2c34)cc1. The number of furan rings is 1. The van der Waals surface area contributed by atoms with Crippen LogP contribution in [0.15, 0.2) is 180 Å². The third-order valence-corrected chi connectivity index (χ3v) is 10.6. The smallest absolute Gasteiger partial charge is 0.135 e. The number of nitrogens with zero attached hydrogens (tertiary/aromatic N) is 1. The Labute approximate surface area is 289 Å². The highest BCUT2D eigenvalue weighted by molar-refractivity contribution is 6.23. The lowest BCUT2D eigenvalue weighted by atomic mass is 9.84. The summed E-state index contributed by atoms with van der Waals surface area (Å²) in [5.41, 5.74) is 12.8. The molecule has 50 heavy (non-hydrogen) atoms. The summed E-state index contributed by atoms with van der Waals surface area (Å²) < 4.78 is 6.22. The van der Waals surface area contributed by atoms with E-state index >= 15 is 0 Å². The highest BCUT2D eigenvalue weighted by Crippen LogP contribution is 2.53. The van der Waals surface area contributed by atoms with Gasteiger partial charge in [-0.3, -0.25) is 0 Å². The minimum atomic E-state index is 0.912. The molecule has 0 saturated heterocycles. The standard InChI is InChI=1S/C48H29NO/c1-2-14-33(15-3-1)49-42-26-24-31(28-40(42)39-21-10-12-30-13-11-22-43(49)48(30)39)46-35-17-4-6-19-37(35)47(38-20-7-5-18-36(38)46)32-25-27-45-41(29-32)34-16-8-9-23-44(34)50-45/h1-29H. The topological polar surface area (TPSA) is 16.4 Å². The molecular formula is C48H29NO. The number of para-hydroxylation sites is 2. The van der Waals surface area contributed by atoms with E-state index in [4.69, 9.17) is 4.42 Å². The van der Waals surface area contributed by atoms with E-state index in [-0.39, 0.29) is 0 Å². The van der Waals surface area contributed by atoms with Crippen LogP contribution in [0.5, 0.6) is 0 Å². The predicted octanol–water partition coefficient (Wildman–Crippen LogP) is 13.8. The fraction of sp³-hybridized carbons (Fsp3) is 0. The Morgan fingerprint density at radius 3 is 1.66 bits per heavy atom. The number of benzene rings is 9. The van der Waals surface area contributed by atoms with Crippen molar-refractivity contribution in [1.82, 2.24) is 0 Å². The molecule has 0 amide bonds. The van der Waals surface area contributed by atoms with E-state index in [2.05, 4.69) is 169 Å². The monoisotopic (exact) mass is 635 g/mol. The zero-order valence-corrected chi connectivity index (χ0v) is 27.1. The van der Waals surface area contributed by atoms with E-state index in [1.807, 2.05) is 12.1 Å². The van der Waals surface area contributed by atoms with Gasteiger partial charge in [0.25, 0.3) is 0 Å². The lowest BCUT2D eigenvalue weighted by Crippen LogP contribution is -2.15. The number of hydrogen-bond acceptors (Lipinski definition) is 2. The molecule has 232 valence electrons. The molecule has 0 N–H and O–H groups in total. The number of fused-ring (bicyclic) bond motifs is 7. The molecule has 0 unspecified atom stereocenters. The summed E-state index contributed by atoms with van der Waals surface area (Å²) in [6, 6.07) is 63.9. The normalized spacial score (nSPS) is 12.4. The first-order valence-electron chi connectivity index (χ1n) is 17.2. The molecule has 1 aromatic heterocycles. The minimum Gasteiger partial charge on any atom is -0.456 e. The molecule has 2 heteroatoms. The van der Waals surface area contributed by atoms with Crippen molar-refractivity contribution in [2.75, 3.05) is 4.90 Å². The van der Waals surface area contributed by atoms with Gasteiger partial charge in [0.15, 0.2) is 0 Å². The first kappa shape index (κ1) is 27.3. The van der Waals surface area contributed by atoms with Crippen LogP contribution in [-0.2, 0) is 0 Å². The van der Waals surface area contributed by atoms with E-state index in [0.29, 0.717) is 0 Å². The molecule has 0 bridgehead atoms. The average Bonchev–Trinajstić information content (AvgIpc) is 3.55. The largest absolute Gasteiger partial charge is 0.456 e. The van der Waals surface area contributed by atoms with Gasteiger partial charge < -0.3 is 9.32 Å². The first-order chi connectivity index (χ1) is 24.8. The molecular weight excluding hydrogens is 607 g/mol. The number of hydrogen-bond donors (Lipinski definition) is 0. The van der Waals surface area contributed by atoms with E-state index < -0.39 is 0 Å². The van der Waals surface area contributed by atoms with E-state index in [0.717, 1.165) is 27.6 Å². The van der Waals surface area contributed by atoms with Gasteiger partial charge in [0.05, 0.1) is 11.4 Å². The molecule has 0 radical (unpaired) electrons. The van der Waals surface area contributed by atoms with Crippen LogP contribution >= 0.6 is 0 Å². The second kappa shape index (κ2) is 10.4. The summed E-state index contributed by atoms with van der Waals surface area (Å²) in [5, 5.41) is 9.79. The molecule has 0 saturated carbocycles. The quantitative estimate of drug-likeness (QED) is 0.180. The van der Waals surface area contributed by atoms with Crippen molar-refractivity contribution in [3.05, 3.63) is 176 Å². The van der Waals surface area contributed by atoms with Crippen molar-refractivity contribution in [2.24, 2.45) is 0 Å². The maximum absolute atomic E-state index is 6.22. The molecule has 1 aliphatic heterocycles. The van der Waals surface area contributed by atoms with Gasteiger partial charge in [0.2, 0.25) is 0 Å². The summed E-state index contributed by atoms with van der Waals surface area (Å²) in [4.78, 5) is 2.42. The van der Waals surface area contributed by atoms with Crippen LogP contribution in [0.2, 0.25) is 0 Å². The maximum atomic E-state index is 6.22. The zero-order valence-electron chi connectivity index (χ0n) is 27.1. The summed E-state index contributed by atoms with van der Waals surface area (Å²) in [6.07, 6.45) is 0. The Morgan fingerprint density at radius 2 is 0.940 bits per heavy atom. The first-order valence-corrected chi connectivity index (χ1v) is 17.2. The summed E-state index contributed by atoms with van der Waals surface area (Å²) in [5.74, 6) is 0. The van der Waals surface area contributed by atoms with E-state index in [1.54, 1.807) is 0 Å². The number of rotatable bonds is 3. The third-order valence-electron chi connectivity index (χ3n) is 10.6. The Morgan fingerprint density at radius 1 is 0.360 bits per heavy atom.